The SMILES string of the molecule is CCc1ncccc1CNc1nc(N(C)C(C)C)nc2ccccc12. The van der Waals surface area contributed by atoms with Gasteiger partial charge in [-0.3, -0.25) is 4.98 Å². The molecule has 0 unspecified atom stereocenters. The van der Waals surface area contributed by atoms with Crippen molar-refractivity contribution in [2.75, 3.05) is 17.3 Å². The second kappa shape index (κ2) is 7.47. The molecule has 130 valence electrons. The summed E-state index contributed by atoms with van der Waals surface area (Å²) in [4.78, 5) is 16.0. The second-order valence-electron chi connectivity index (χ2n) is 6.41. The normalized spacial score (nSPS) is 11.1. The number of para-hydroxylation sites is 1. The molecule has 1 N–H and O–H groups in total. The van der Waals surface area contributed by atoms with E-state index in [9.17, 15) is 0 Å². The highest BCUT2D eigenvalue weighted by molar-refractivity contribution is 5.90. The summed E-state index contributed by atoms with van der Waals surface area (Å²) in [7, 11) is 2.02. The zero-order chi connectivity index (χ0) is 17.8. The molecule has 0 aliphatic heterocycles. The summed E-state index contributed by atoms with van der Waals surface area (Å²) in [5.74, 6) is 1.59. The molecule has 3 aromatic rings. The first-order chi connectivity index (χ1) is 12.1. The van der Waals surface area contributed by atoms with E-state index in [1.54, 1.807) is 0 Å². The van der Waals surface area contributed by atoms with Gasteiger partial charge in [0.2, 0.25) is 5.95 Å². The minimum Gasteiger partial charge on any atom is -0.365 e. The Hall–Kier alpha value is -2.69. The number of nitrogens with one attached hydrogen (secondary N) is 1. The van der Waals surface area contributed by atoms with Crippen molar-refractivity contribution in [1.29, 1.82) is 0 Å². The van der Waals surface area contributed by atoms with Crippen molar-refractivity contribution in [3.05, 3.63) is 53.9 Å². The van der Waals surface area contributed by atoms with E-state index >= 15 is 0 Å². The number of aromatic nitrogens is 3. The van der Waals surface area contributed by atoms with Crippen LogP contribution in [0, 0.1) is 0 Å². The van der Waals surface area contributed by atoms with E-state index in [-0.39, 0.29) is 0 Å². The van der Waals surface area contributed by atoms with Gasteiger partial charge in [-0.2, -0.15) is 4.98 Å². The molecule has 0 amide bonds. The second-order valence-corrected chi connectivity index (χ2v) is 6.41. The van der Waals surface area contributed by atoms with E-state index in [1.807, 2.05) is 37.5 Å². The van der Waals surface area contributed by atoms with E-state index in [4.69, 9.17) is 9.97 Å². The molecule has 0 bridgehead atoms. The maximum atomic E-state index is 4.78. The molecule has 5 nitrogen and oxygen atoms in total. The molecule has 0 aliphatic rings. The van der Waals surface area contributed by atoms with Crippen molar-refractivity contribution >= 4 is 22.7 Å². The Morgan fingerprint density at radius 2 is 1.88 bits per heavy atom. The van der Waals surface area contributed by atoms with Gasteiger partial charge in [0.05, 0.1) is 5.52 Å². The average molecular weight is 335 g/mol. The first-order valence-corrected chi connectivity index (χ1v) is 8.76. The third kappa shape index (κ3) is 3.71. The van der Waals surface area contributed by atoms with Crippen LogP contribution in [-0.2, 0) is 13.0 Å². The molecular weight excluding hydrogens is 310 g/mol. The van der Waals surface area contributed by atoms with Gasteiger partial charge in [0.1, 0.15) is 5.82 Å². The van der Waals surface area contributed by atoms with E-state index in [0.717, 1.165) is 34.8 Å². The maximum absolute atomic E-state index is 4.78. The molecular formula is C20H25N5. The Labute approximate surface area is 149 Å². The van der Waals surface area contributed by atoms with Crippen molar-refractivity contribution in [2.45, 2.75) is 39.8 Å². The van der Waals surface area contributed by atoms with Crippen LogP contribution in [0.15, 0.2) is 42.6 Å². The van der Waals surface area contributed by atoms with Gasteiger partial charge in [0.25, 0.3) is 0 Å². The van der Waals surface area contributed by atoms with Crippen LogP contribution in [0.1, 0.15) is 32.0 Å². The Morgan fingerprint density at radius 3 is 2.64 bits per heavy atom. The van der Waals surface area contributed by atoms with Crippen molar-refractivity contribution < 1.29 is 0 Å². The summed E-state index contributed by atoms with van der Waals surface area (Å²) in [6, 6.07) is 12.5. The zero-order valence-electron chi connectivity index (χ0n) is 15.3. The molecule has 5 heteroatoms. The Morgan fingerprint density at radius 1 is 1.08 bits per heavy atom. The number of rotatable bonds is 6. The smallest absolute Gasteiger partial charge is 0.227 e. The number of benzene rings is 1. The number of pyridine rings is 1. The van der Waals surface area contributed by atoms with Crippen LogP contribution in [0.25, 0.3) is 10.9 Å². The lowest BCUT2D eigenvalue weighted by atomic mass is 10.1. The summed E-state index contributed by atoms with van der Waals surface area (Å²) < 4.78 is 0. The topological polar surface area (TPSA) is 53.9 Å². The minimum absolute atomic E-state index is 0.332. The van der Waals surface area contributed by atoms with Gasteiger partial charge in [0, 0.05) is 36.9 Å². The lowest BCUT2D eigenvalue weighted by Gasteiger charge is -2.22. The molecule has 25 heavy (non-hydrogen) atoms. The molecule has 2 aromatic heterocycles. The molecule has 0 saturated heterocycles. The van der Waals surface area contributed by atoms with Crippen molar-refractivity contribution in [2.24, 2.45) is 0 Å². The number of aryl methyl sites for hydroxylation is 1. The fourth-order valence-electron chi connectivity index (χ4n) is 2.72. The van der Waals surface area contributed by atoms with Crippen LogP contribution in [0.2, 0.25) is 0 Å². The maximum Gasteiger partial charge on any atom is 0.227 e. The molecule has 0 fully saturated rings. The average Bonchev–Trinajstić information content (AvgIpc) is 2.65. The summed E-state index contributed by atoms with van der Waals surface area (Å²) >= 11 is 0. The van der Waals surface area contributed by atoms with Gasteiger partial charge < -0.3 is 10.2 Å². The van der Waals surface area contributed by atoms with Crippen LogP contribution in [0.5, 0.6) is 0 Å². The first kappa shape index (κ1) is 17.1. The largest absolute Gasteiger partial charge is 0.365 e. The molecule has 2 heterocycles. The van der Waals surface area contributed by atoms with Crippen LogP contribution in [0.4, 0.5) is 11.8 Å². The van der Waals surface area contributed by atoms with Gasteiger partial charge in [-0.1, -0.05) is 25.1 Å². The van der Waals surface area contributed by atoms with E-state index in [0.29, 0.717) is 12.6 Å². The first-order valence-electron chi connectivity index (χ1n) is 8.76. The van der Waals surface area contributed by atoms with Crippen molar-refractivity contribution in [3.63, 3.8) is 0 Å². The highest BCUT2D eigenvalue weighted by Gasteiger charge is 2.13. The fourth-order valence-corrected chi connectivity index (χ4v) is 2.72. The van der Waals surface area contributed by atoms with Crippen molar-refractivity contribution in [3.8, 4) is 0 Å². The molecule has 1 aromatic carbocycles. The van der Waals surface area contributed by atoms with Crippen LogP contribution >= 0.6 is 0 Å². The van der Waals surface area contributed by atoms with Gasteiger partial charge in [0.15, 0.2) is 0 Å². The van der Waals surface area contributed by atoms with Gasteiger partial charge in [-0.25, -0.2) is 4.98 Å². The molecule has 0 atom stereocenters. The van der Waals surface area contributed by atoms with Gasteiger partial charge >= 0.3 is 0 Å². The van der Waals surface area contributed by atoms with Crippen molar-refractivity contribution in [1.82, 2.24) is 15.0 Å². The summed E-state index contributed by atoms with van der Waals surface area (Å²) in [5.41, 5.74) is 3.27. The Bertz CT molecular complexity index is 860. The third-order valence-electron chi connectivity index (χ3n) is 4.45. The van der Waals surface area contributed by atoms with E-state index in [1.165, 1.54) is 5.56 Å². The number of hydrogen-bond acceptors (Lipinski definition) is 5. The monoisotopic (exact) mass is 335 g/mol. The minimum atomic E-state index is 0.332. The lowest BCUT2D eigenvalue weighted by Crippen LogP contribution is -2.27. The fraction of sp³-hybridized carbons (Fsp3) is 0.350. The van der Waals surface area contributed by atoms with Gasteiger partial charge in [-0.15, -0.1) is 0 Å². The van der Waals surface area contributed by atoms with Gasteiger partial charge in [-0.05, 0) is 44.0 Å². The number of nitrogens with zero attached hydrogens (tertiary/aromatic N) is 4. The molecule has 0 saturated carbocycles. The predicted molar refractivity (Wildman–Crippen MR) is 104 cm³/mol. The number of anilines is 2. The van der Waals surface area contributed by atoms with Crippen LogP contribution < -0.4 is 10.2 Å². The molecule has 0 radical (unpaired) electrons. The van der Waals surface area contributed by atoms with E-state index < -0.39 is 0 Å². The highest BCUT2D eigenvalue weighted by Crippen LogP contribution is 2.24. The van der Waals surface area contributed by atoms with Crippen LogP contribution in [0.3, 0.4) is 0 Å². The quantitative estimate of drug-likeness (QED) is 0.736. The third-order valence-corrected chi connectivity index (χ3v) is 4.45. The predicted octanol–water partition coefficient (Wildman–Crippen LogP) is 4.04. The lowest BCUT2D eigenvalue weighted by molar-refractivity contribution is 0.732. The zero-order valence-corrected chi connectivity index (χ0v) is 15.3. The molecule has 0 aliphatic carbocycles. The standard InChI is InChI=1S/C20H25N5/c1-5-17-15(9-8-12-21-17)13-22-19-16-10-6-7-11-18(16)23-20(24-19)25(4)14(2)3/h6-12,14H,5,13H2,1-4H3,(H,22,23,24). The molecule has 3 rings (SSSR count). The Balaban J connectivity index is 1.96. The summed E-state index contributed by atoms with van der Waals surface area (Å²) in [5, 5.41) is 4.53. The Kier molecular flexibility index (Phi) is 5.12. The molecule has 0 spiro atoms. The highest BCUT2D eigenvalue weighted by atomic mass is 15.3. The number of fused-ring (bicyclic) bond motifs is 1. The van der Waals surface area contributed by atoms with Crippen LogP contribution in [-0.4, -0.2) is 28.0 Å². The van der Waals surface area contributed by atoms with E-state index in [2.05, 4.69) is 48.1 Å². The number of hydrogen-bond donors (Lipinski definition) is 1. The summed E-state index contributed by atoms with van der Waals surface area (Å²) in [6.45, 7) is 7.09. The summed E-state index contributed by atoms with van der Waals surface area (Å²) in [6.07, 6.45) is 2.77.